The van der Waals surface area contributed by atoms with Crippen LogP contribution in [-0.4, -0.2) is 13.4 Å². The molecule has 1 unspecified atom stereocenters. The Morgan fingerprint density at radius 1 is 1.38 bits per heavy atom. The van der Waals surface area contributed by atoms with Gasteiger partial charge >= 0.3 is 6.36 Å². The summed E-state index contributed by atoms with van der Waals surface area (Å²) in [4.78, 5) is 0. The zero-order valence-corrected chi connectivity index (χ0v) is 9.14. The average molecular weight is 233 g/mol. The Labute approximate surface area is 92.4 Å². The van der Waals surface area contributed by atoms with Crippen molar-refractivity contribution in [2.24, 2.45) is 0 Å². The van der Waals surface area contributed by atoms with Gasteiger partial charge in [-0.1, -0.05) is 19.1 Å². The summed E-state index contributed by atoms with van der Waals surface area (Å²) in [5.74, 6) is -0.182. The fraction of sp³-hybridized carbons (Fsp3) is 0.455. The van der Waals surface area contributed by atoms with Crippen molar-refractivity contribution in [1.29, 1.82) is 0 Å². The van der Waals surface area contributed by atoms with Crippen molar-refractivity contribution in [3.63, 3.8) is 0 Å². The van der Waals surface area contributed by atoms with E-state index in [0.717, 1.165) is 12.0 Å². The standard InChI is InChI=1S/C11H14F3NO/c1-3-10(15-2)8-5-4-6-9(7-8)16-11(12,13)14/h4-7,10,15H,3H2,1-2H3. The molecule has 1 N–H and O–H groups in total. The first-order chi connectivity index (χ1) is 7.46. The maximum absolute atomic E-state index is 12.0. The smallest absolute Gasteiger partial charge is 0.406 e. The number of hydrogen-bond acceptors (Lipinski definition) is 2. The molecule has 0 heterocycles. The second kappa shape index (κ2) is 5.21. The van der Waals surface area contributed by atoms with E-state index in [1.165, 1.54) is 12.1 Å². The number of rotatable bonds is 4. The van der Waals surface area contributed by atoms with Crippen LogP contribution in [0.3, 0.4) is 0 Å². The molecular weight excluding hydrogens is 219 g/mol. The molecule has 90 valence electrons. The molecule has 0 spiro atoms. The fourth-order valence-corrected chi connectivity index (χ4v) is 1.53. The highest BCUT2D eigenvalue weighted by Crippen LogP contribution is 2.26. The van der Waals surface area contributed by atoms with Gasteiger partial charge in [-0.2, -0.15) is 0 Å². The Hall–Kier alpha value is -1.23. The summed E-state index contributed by atoms with van der Waals surface area (Å²) in [6.07, 6.45) is -3.84. The van der Waals surface area contributed by atoms with Crippen molar-refractivity contribution in [3.8, 4) is 5.75 Å². The van der Waals surface area contributed by atoms with Crippen LogP contribution in [-0.2, 0) is 0 Å². The van der Waals surface area contributed by atoms with E-state index in [1.54, 1.807) is 19.2 Å². The van der Waals surface area contributed by atoms with Gasteiger partial charge in [-0.3, -0.25) is 0 Å². The summed E-state index contributed by atoms with van der Waals surface area (Å²) in [6, 6.07) is 6.05. The van der Waals surface area contributed by atoms with E-state index in [2.05, 4.69) is 10.1 Å². The molecule has 0 aliphatic heterocycles. The molecule has 1 aromatic rings. The van der Waals surface area contributed by atoms with E-state index in [9.17, 15) is 13.2 Å². The molecule has 0 saturated carbocycles. The van der Waals surface area contributed by atoms with Gasteiger partial charge in [0.1, 0.15) is 5.75 Å². The van der Waals surface area contributed by atoms with Crippen LogP contribution in [0, 0.1) is 0 Å². The topological polar surface area (TPSA) is 21.3 Å². The molecule has 5 heteroatoms. The normalized spacial score (nSPS) is 13.6. The van der Waals surface area contributed by atoms with Crippen molar-refractivity contribution in [2.45, 2.75) is 25.7 Å². The molecule has 0 radical (unpaired) electrons. The number of ether oxygens (including phenoxy) is 1. The molecule has 1 rings (SSSR count). The lowest BCUT2D eigenvalue weighted by atomic mass is 10.0. The number of benzene rings is 1. The van der Waals surface area contributed by atoms with Gasteiger partial charge in [0.15, 0.2) is 0 Å². The van der Waals surface area contributed by atoms with Crippen LogP contribution < -0.4 is 10.1 Å². The summed E-state index contributed by atoms with van der Waals surface area (Å²) in [6.45, 7) is 1.96. The highest BCUT2D eigenvalue weighted by Gasteiger charge is 2.31. The predicted octanol–water partition coefficient (Wildman–Crippen LogP) is 3.26. The molecule has 16 heavy (non-hydrogen) atoms. The minimum Gasteiger partial charge on any atom is -0.406 e. The van der Waals surface area contributed by atoms with E-state index >= 15 is 0 Å². The van der Waals surface area contributed by atoms with Gasteiger partial charge in [0.05, 0.1) is 0 Å². The lowest BCUT2D eigenvalue weighted by Crippen LogP contribution is -2.18. The quantitative estimate of drug-likeness (QED) is 0.861. The van der Waals surface area contributed by atoms with E-state index < -0.39 is 6.36 Å². The second-order valence-electron chi connectivity index (χ2n) is 3.37. The van der Waals surface area contributed by atoms with Gasteiger partial charge in [-0.15, -0.1) is 13.2 Å². The second-order valence-corrected chi connectivity index (χ2v) is 3.37. The molecule has 1 atom stereocenters. The third kappa shape index (κ3) is 3.73. The Morgan fingerprint density at radius 3 is 2.56 bits per heavy atom. The lowest BCUT2D eigenvalue weighted by Gasteiger charge is -2.16. The Balaban J connectivity index is 2.86. The maximum Gasteiger partial charge on any atom is 0.573 e. The largest absolute Gasteiger partial charge is 0.573 e. The van der Waals surface area contributed by atoms with Crippen LogP contribution in [0.25, 0.3) is 0 Å². The zero-order chi connectivity index (χ0) is 12.2. The highest BCUT2D eigenvalue weighted by atomic mass is 19.4. The van der Waals surface area contributed by atoms with Crippen LogP contribution in [0.2, 0.25) is 0 Å². The first-order valence-corrected chi connectivity index (χ1v) is 4.99. The van der Waals surface area contributed by atoms with Gasteiger partial charge in [0, 0.05) is 6.04 Å². The highest BCUT2D eigenvalue weighted by molar-refractivity contribution is 5.30. The van der Waals surface area contributed by atoms with Crippen molar-refractivity contribution < 1.29 is 17.9 Å². The molecule has 0 aromatic heterocycles. The molecule has 0 aliphatic rings. The average Bonchev–Trinajstić information content (AvgIpc) is 2.17. The van der Waals surface area contributed by atoms with E-state index in [4.69, 9.17) is 0 Å². The first-order valence-electron chi connectivity index (χ1n) is 4.99. The molecule has 0 fully saturated rings. The van der Waals surface area contributed by atoms with E-state index in [-0.39, 0.29) is 11.8 Å². The molecule has 0 amide bonds. The van der Waals surface area contributed by atoms with Crippen LogP contribution in [0.1, 0.15) is 24.9 Å². The maximum atomic E-state index is 12.0. The van der Waals surface area contributed by atoms with Crippen LogP contribution >= 0.6 is 0 Å². The monoisotopic (exact) mass is 233 g/mol. The Bertz CT molecular complexity index is 334. The van der Waals surface area contributed by atoms with Gasteiger partial charge < -0.3 is 10.1 Å². The van der Waals surface area contributed by atoms with E-state index in [1.807, 2.05) is 6.92 Å². The molecule has 1 aromatic carbocycles. The minimum atomic E-state index is -4.64. The van der Waals surface area contributed by atoms with Crippen molar-refractivity contribution in [1.82, 2.24) is 5.32 Å². The van der Waals surface area contributed by atoms with Gasteiger partial charge in [-0.25, -0.2) is 0 Å². The third-order valence-electron chi connectivity index (χ3n) is 2.25. The Morgan fingerprint density at radius 2 is 2.06 bits per heavy atom. The summed E-state index contributed by atoms with van der Waals surface area (Å²) in [7, 11) is 1.77. The molecule has 0 saturated heterocycles. The molecule has 0 aliphatic carbocycles. The van der Waals surface area contributed by atoms with Gasteiger partial charge in [0.25, 0.3) is 0 Å². The minimum absolute atomic E-state index is 0.0387. The molecular formula is C11H14F3NO. The Kier molecular flexibility index (Phi) is 4.18. The summed E-state index contributed by atoms with van der Waals surface area (Å²) < 4.78 is 39.9. The number of alkyl halides is 3. The zero-order valence-electron chi connectivity index (χ0n) is 9.14. The summed E-state index contributed by atoms with van der Waals surface area (Å²) in [5.41, 5.74) is 0.784. The molecule has 0 bridgehead atoms. The van der Waals surface area contributed by atoms with Gasteiger partial charge in [-0.05, 0) is 31.2 Å². The summed E-state index contributed by atoms with van der Waals surface area (Å²) in [5, 5.41) is 3.02. The first kappa shape index (κ1) is 12.8. The number of hydrogen-bond donors (Lipinski definition) is 1. The SMILES string of the molecule is CCC(NC)c1cccc(OC(F)(F)F)c1. The lowest BCUT2D eigenvalue weighted by molar-refractivity contribution is -0.274. The van der Waals surface area contributed by atoms with Crippen LogP contribution in [0.4, 0.5) is 13.2 Å². The number of nitrogens with one attached hydrogen (secondary N) is 1. The van der Waals surface area contributed by atoms with Gasteiger partial charge in [0.2, 0.25) is 0 Å². The summed E-state index contributed by atoms with van der Waals surface area (Å²) >= 11 is 0. The third-order valence-corrected chi connectivity index (χ3v) is 2.25. The molecule has 2 nitrogen and oxygen atoms in total. The van der Waals surface area contributed by atoms with Crippen molar-refractivity contribution in [3.05, 3.63) is 29.8 Å². The predicted molar refractivity (Wildman–Crippen MR) is 55.2 cm³/mol. The van der Waals surface area contributed by atoms with Crippen molar-refractivity contribution in [2.75, 3.05) is 7.05 Å². The van der Waals surface area contributed by atoms with Crippen LogP contribution in [0.5, 0.6) is 5.75 Å². The van der Waals surface area contributed by atoms with E-state index in [0.29, 0.717) is 0 Å². The van der Waals surface area contributed by atoms with Crippen molar-refractivity contribution >= 4 is 0 Å². The van der Waals surface area contributed by atoms with Crippen LogP contribution in [0.15, 0.2) is 24.3 Å². The number of halogens is 3. The fourth-order valence-electron chi connectivity index (χ4n) is 1.53.